The number of hydrogen-bond donors (Lipinski definition) is 2. The molecule has 2 aliphatic rings. The van der Waals surface area contributed by atoms with E-state index in [4.69, 9.17) is 0 Å². The highest BCUT2D eigenvalue weighted by molar-refractivity contribution is 5.82. The lowest BCUT2D eigenvalue weighted by Crippen LogP contribution is -2.49. The Kier molecular flexibility index (Phi) is 4.96. The van der Waals surface area contributed by atoms with Gasteiger partial charge in [-0.25, -0.2) is 8.78 Å². The van der Waals surface area contributed by atoms with Crippen LogP contribution in [0.15, 0.2) is 0 Å². The molecule has 6 heteroatoms. The molecule has 0 aliphatic carbocycles. The van der Waals surface area contributed by atoms with Crippen LogP contribution in [0.2, 0.25) is 0 Å². The Morgan fingerprint density at radius 3 is 2.90 bits per heavy atom. The molecule has 3 unspecified atom stereocenters. The second-order valence-corrected chi connectivity index (χ2v) is 6.33. The molecule has 0 spiro atoms. The minimum atomic E-state index is -2.75. The predicted molar refractivity (Wildman–Crippen MR) is 73.8 cm³/mol. The van der Waals surface area contributed by atoms with E-state index < -0.39 is 24.9 Å². The average Bonchev–Trinajstić information content (AvgIpc) is 2.76. The minimum absolute atomic E-state index is 0.253. The van der Waals surface area contributed by atoms with Crippen molar-refractivity contribution in [3.8, 4) is 0 Å². The first kappa shape index (κ1) is 15.6. The van der Waals surface area contributed by atoms with Gasteiger partial charge in [0.15, 0.2) is 0 Å². The number of rotatable bonds is 4. The number of nitrogens with one attached hydrogen (secondary N) is 2. The van der Waals surface area contributed by atoms with Gasteiger partial charge in [-0.2, -0.15) is 0 Å². The third kappa shape index (κ3) is 4.12. The molecule has 2 aliphatic heterocycles. The number of nitrogens with zero attached hydrogens (tertiary/aromatic N) is 1. The first-order chi connectivity index (χ1) is 9.37. The Balaban J connectivity index is 1.73. The lowest BCUT2D eigenvalue weighted by Gasteiger charge is -2.35. The van der Waals surface area contributed by atoms with Crippen LogP contribution in [0, 0.1) is 5.92 Å². The summed E-state index contributed by atoms with van der Waals surface area (Å²) in [6.45, 7) is 6.55. The first-order valence-electron chi connectivity index (χ1n) is 7.50. The molecule has 0 aromatic carbocycles. The molecule has 0 saturated carbocycles. The molecule has 4 nitrogen and oxygen atoms in total. The van der Waals surface area contributed by atoms with Crippen molar-refractivity contribution in [3.05, 3.63) is 0 Å². The number of hydrogen-bond acceptors (Lipinski definition) is 3. The molecule has 0 aromatic heterocycles. The van der Waals surface area contributed by atoms with Crippen LogP contribution in [0.1, 0.15) is 33.1 Å². The third-order valence-corrected chi connectivity index (χ3v) is 4.31. The molecule has 0 aromatic rings. The third-order valence-electron chi connectivity index (χ3n) is 4.31. The highest BCUT2D eigenvalue weighted by Crippen LogP contribution is 2.25. The van der Waals surface area contributed by atoms with Crippen LogP contribution < -0.4 is 10.6 Å². The van der Waals surface area contributed by atoms with Crippen LogP contribution in [0.25, 0.3) is 0 Å². The maximum atomic E-state index is 13.0. The smallest absolute Gasteiger partial charge is 0.262 e. The molecule has 0 bridgehead atoms. The van der Waals surface area contributed by atoms with Gasteiger partial charge in [-0.3, -0.25) is 15.0 Å². The monoisotopic (exact) mass is 289 g/mol. The summed E-state index contributed by atoms with van der Waals surface area (Å²) < 4.78 is 26.1. The normalized spacial score (nSPS) is 32.0. The average molecular weight is 289 g/mol. The van der Waals surface area contributed by atoms with Gasteiger partial charge in [0.05, 0.1) is 12.6 Å². The fourth-order valence-electron chi connectivity index (χ4n) is 3.03. The van der Waals surface area contributed by atoms with Crippen LogP contribution >= 0.6 is 0 Å². The number of carbonyl (C=O) groups excluding carboxylic acids is 1. The standard InChI is InChI=1S/C14H25F2N3O/c1-10-4-3-5-19(8-10)11(2)7-17-13(20)12-6-14(15,16)9-18-12/h10-12,18H,3-9H2,1-2H3,(H,17,20). The van der Waals surface area contributed by atoms with Gasteiger partial charge in [0, 0.05) is 25.6 Å². The molecule has 2 saturated heterocycles. The van der Waals surface area contributed by atoms with Crippen molar-refractivity contribution in [1.82, 2.24) is 15.5 Å². The summed E-state index contributed by atoms with van der Waals surface area (Å²) in [6.07, 6.45) is 2.06. The number of piperidine rings is 1. The molecule has 0 radical (unpaired) electrons. The van der Waals surface area contributed by atoms with E-state index in [0.717, 1.165) is 13.1 Å². The van der Waals surface area contributed by atoms with Crippen molar-refractivity contribution >= 4 is 5.91 Å². The van der Waals surface area contributed by atoms with Crippen LogP contribution in [0.5, 0.6) is 0 Å². The highest BCUT2D eigenvalue weighted by atomic mass is 19.3. The van der Waals surface area contributed by atoms with Gasteiger partial charge in [-0.1, -0.05) is 6.92 Å². The topological polar surface area (TPSA) is 44.4 Å². The molecule has 2 heterocycles. The summed E-state index contributed by atoms with van der Waals surface area (Å²) in [5.74, 6) is -2.37. The number of likely N-dealkylation sites (tertiary alicyclic amines) is 1. The number of halogens is 2. The Hall–Kier alpha value is -0.750. The van der Waals surface area contributed by atoms with Crippen LogP contribution in [-0.2, 0) is 4.79 Å². The summed E-state index contributed by atoms with van der Waals surface area (Å²) >= 11 is 0. The van der Waals surface area contributed by atoms with Crippen molar-refractivity contribution in [1.29, 1.82) is 0 Å². The fourth-order valence-corrected chi connectivity index (χ4v) is 3.03. The quantitative estimate of drug-likeness (QED) is 0.818. The van der Waals surface area contributed by atoms with E-state index in [1.54, 1.807) is 0 Å². The molecular weight excluding hydrogens is 264 g/mol. The van der Waals surface area contributed by atoms with E-state index in [9.17, 15) is 13.6 Å². The van der Waals surface area contributed by atoms with Crippen molar-refractivity contribution < 1.29 is 13.6 Å². The molecule has 2 rings (SSSR count). The summed E-state index contributed by atoms with van der Waals surface area (Å²) in [6, 6.07) is -0.499. The zero-order valence-corrected chi connectivity index (χ0v) is 12.3. The van der Waals surface area contributed by atoms with Crippen molar-refractivity contribution in [2.75, 3.05) is 26.2 Å². The van der Waals surface area contributed by atoms with E-state index in [1.807, 2.05) is 0 Å². The molecule has 1 amide bonds. The molecular formula is C14H25F2N3O. The summed E-state index contributed by atoms with van der Waals surface area (Å²) in [7, 11) is 0. The van der Waals surface area contributed by atoms with Crippen molar-refractivity contribution in [2.45, 2.75) is 51.1 Å². The van der Waals surface area contributed by atoms with Crippen LogP contribution in [0.4, 0.5) is 8.78 Å². The Labute approximate surface area is 119 Å². The summed E-state index contributed by atoms with van der Waals surface area (Å²) in [5, 5.41) is 5.38. The highest BCUT2D eigenvalue weighted by Gasteiger charge is 2.42. The molecule has 2 N–H and O–H groups in total. The van der Waals surface area contributed by atoms with Crippen LogP contribution in [-0.4, -0.2) is 55.0 Å². The Morgan fingerprint density at radius 1 is 1.55 bits per heavy atom. The van der Waals surface area contributed by atoms with Gasteiger partial charge in [0.1, 0.15) is 0 Å². The summed E-state index contributed by atoms with van der Waals surface area (Å²) in [4.78, 5) is 14.2. The number of carbonyl (C=O) groups is 1. The van der Waals surface area contributed by atoms with Crippen molar-refractivity contribution in [2.24, 2.45) is 5.92 Å². The maximum absolute atomic E-state index is 13.0. The van der Waals surface area contributed by atoms with E-state index in [2.05, 4.69) is 29.4 Å². The summed E-state index contributed by atoms with van der Waals surface area (Å²) in [5.41, 5.74) is 0. The lowest BCUT2D eigenvalue weighted by molar-refractivity contribution is -0.123. The van der Waals surface area contributed by atoms with Gasteiger partial charge in [-0.15, -0.1) is 0 Å². The number of amides is 1. The minimum Gasteiger partial charge on any atom is -0.353 e. The van der Waals surface area contributed by atoms with Gasteiger partial charge in [0.2, 0.25) is 5.91 Å². The van der Waals surface area contributed by atoms with E-state index in [1.165, 1.54) is 12.8 Å². The molecule has 2 fully saturated rings. The number of alkyl halides is 2. The van der Waals surface area contributed by atoms with Gasteiger partial charge in [-0.05, 0) is 32.2 Å². The second kappa shape index (κ2) is 6.35. The van der Waals surface area contributed by atoms with Gasteiger partial charge in [0.25, 0.3) is 5.92 Å². The van der Waals surface area contributed by atoms with E-state index in [-0.39, 0.29) is 11.9 Å². The predicted octanol–water partition coefficient (Wildman–Crippen LogP) is 1.22. The maximum Gasteiger partial charge on any atom is 0.262 e. The van der Waals surface area contributed by atoms with Crippen LogP contribution in [0.3, 0.4) is 0 Å². The van der Waals surface area contributed by atoms with E-state index in [0.29, 0.717) is 12.5 Å². The molecule has 3 atom stereocenters. The Morgan fingerprint density at radius 2 is 2.30 bits per heavy atom. The lowest BCUT2D eigenvalue weighted by atomic mass is 9.99. The SMILES string of the molecule is CC1CCCN(C(C)CNC(=O)C2CC(F)(F)CN2)C1. The second-order valence-electron chi connectivity index (χ2n) is 6.33. The van der Waals surface area contributed by atoms with E-state index >= 15 is 0 Å². The molecule has 116 valence electrons. The molecule has 20 heavy (non-hydrogen) atoms. The zero-order chi connectivity index (χ0) is 14.8. The fraction of sp³-hybridized carbons (Fsp3) is 0.929. The van der Waals surface area contributed by atoms with Gasteiger partial charge < -0.3 is 5.32 Å². The largest absolute Gasteiger partial charge is 0.353 e. The van der Waals surface area contributed by atoms with Crippen molar-refractivity contribution in [3.63, 3.8) is 0 Å². The zero-order valence-electron chi connectivity index (χ0n) is 12.3. The van der Waals surface area contributed by atoms with Gasteiger partial charge >= 0.3 is 0 Å². The Bertz CT molecular complexity index is 351. The first-order valence-corrected chi connectivity index (χ1v) is 7.50.